The van der Waals surface area contributed by atoms with Crippen molar-refractivity contribution in [2.45, 2.75) is 25.9 Å². The van der Waals surface area contributed by atoms with Gasteiger partial charge < -0.3 is 5.11 Å². The Labute approximate surface area is 85.7 Å². The Morgan fingerprint density at radius 3 is 2.85 bits per heavy atom. The molecule has 0 aliphatic rings. The second-order valence-electron chi connectivity index (χ2n) is 2.97. The fraction of sp³-hybridized carbons (Fsp3) is 0.400. The second-order valence-corrected chi connectivity index (χ2v) is 3.89. The number of halogens is 2. The van der Waals surface area contributed by atoms with E-state index < -0.39 is 6.10 Å². The average molecular weight is 247 g/mol. The summed E-state index contributed by atoms with van der Waals surface area (Å²) in [5, 5.41) is 9.56. The van der Waals surface area contributed by atoms with Crippen LogP contribution in [-0.4, -0.2) is 5.11 Å². The number of hydrogen-bond donors (Lipinski definition) is 1. The maximum atomic E-state index is 13.2. The lowest BCUT2D eigenvalue weighted by Gasteiger charge is -2.10. The molecule has 0 saturated carbocycles. The van der Waals surface area contributed by atoms with Crippen LogP contribution in [0.3, 0.4) is 0 Å². The molecular formula is C10H12BrFO. The van der Waals surface area contributed by atoms with Crippen LogP contribution < -0.4 is 0 Å². The molecule has 0 aromatic heterocycles. The first-order valence-electron chi connectivity index (χ1n) is 4.28. The minimum absolute atomic E-state index is 0.343. The smallest absolute Gasteiger partial charge is 0.129 e. The van der Waals surface area contributed by atoms with E-state index >= 15 is 0 Å². The predicted octanol–water partition coefficient (Wildman–Crippen LogP) is 3.42. The SMILES string of the molecule is CCC[C@@H](O)c1cc(Br)ccc1F. The van der Waals surface area contributed by atoms with Crippen LogP contribution in [0.25, 0.3) is 0 Å². The highest BCUT2D eigenvalue weighted by atomic mass is 79.9. The van der Waals surface area contributed by atoms with Gasteiger partial charge in [-0.2, -0.15) is 0 Å². The Hall–Kier alpha value is -0.410. The summed E-state index contributed by atoms with van der Waals surface area (Å²) in [6.45, 7) is 1.96. The minimum atomic E-state index is -0.692. The van der Waals surface area contributed by atoms with Gasteiger partial charge >= 0.3 is 0 Å². The average Bonchev–Trinajstić information content (AvgIpc) is 2.09. The lowest BCUT2D eigenvalue weighted by molar-refractivity contribution is 0.162. The highest BCUT2D eigenvalue weighted by molar-refractivity contribution is 9.10. The molecule has 0 saturated heterocycles. The predicted molar refractivity (Wildman–Crippen MR) is 54.0 cm³/mol. The molecular weight excluding hydrogens is 235 g/mol. The quantitative estimate of drug-likeness (QED) is 0.867. The fourth-order valence-corrected chi connectivity index (χ4v) is 1.58. The van der Waals surface area contributed by atoms with Gasteiger partial charge in [-0.3, -0.25) is 0 Å². The zero-order valence-electron chi connectivity index (χ0n) is 7.43. The van der Waals surface area contributed by atoms with Gasteiger partial charge in [0.2, 0.25) is 0 Å². The van der Waals surface area contributed by atoms with E-state index in [9.17, 15) is 9.50 Å². The molecule has 72 valence electrons. The van der Waals surface area contributed by atoms with Crippen LogP contribution >= 0.6 is 15.9 Å². The third kappa shape index (κ3) is 2.78. The van der Waals surface area contributed by atoms with Crippen LogP contribution in [-0.2, 0) is 0 Å². The van der Waals surface area contributed by atoms with Crippen molar-refractivity contribution in [1.82, 2.24) is 0 Å². The normalized spacial score (nSPS) is 12.9. The van der Waals surface area contributed by atoms with Crippen molar-refractivity contribution in [3.8, 4) is 0 Å². The van der Waals surface area contributed by atoms with E-state index in [2.05, 4.69) is 15.9 Å². The Kier molecular flexibility index (Phi) is 3.88. The van der Waals surface area contributed by atoms with Crippen molar-refractivity contribution in [2.75, 3.05) is 0 Å². The van der Waals surface area contributed by atoms with Crippen LogP contribution in [0.5, 0.6) is 0 Å². The Morgan fingerprint density at radius 1 is 1.54 bits per heavy atom. The van der Waals surface area contributed by atoms with E-state index in [1.54, 1.807) is 12.1 Å². The maximum Gasteiger partial charge on any atom is 0.129 e. The molecule has 0 aliphatic carbocycles. The second kappa shape index (κ2) is 4.72. The molecule has 0 heterocycles. The van der Waals surface area contributed by atoms with Crippen LogP contribution in [0, 0.1) is 5.82 Å². The summed E-state index contributed by atoms with van der Waals surface area (Å²) >= 11 is 3.24. The fourth-order valence-electron chi connectivity index (χ4n) is 1.20. The molecule has 3 heteroatoms. The van der Waals surface area contributed by atoms with E-state index in [1.807, 2.05) is 6.92 Å². The summed E-state index contributed by atoms with van der Waals surface area (Å²) in [5.74, 6) is -0.343. The largest absolute Gasteiger partial charge is 0.388 e. The first-order valence-corrected chi connectivity index (χ1v) is 5.07. The molecule has 1 rings (SSSR count). The summed E-state index contributed by atoms with van der Waals surface area (Å²) in [4.78, 5) is 0. The zero-order chi connectivity index (χ0) is 9.84. The molecule has 13 heavy (non-hydrogen) atoms. The Balaban J connectivity index is 2.91. The molecule has 0 amide bonds. The molecule has 1 aromatic rings. The molecule has 1 aromatic carbocycles. The highest BCUT2D eigenvalue weighted by Gasteiger charge is 2.11. The van der Waals surface area contributed by atoms with Crippen molar-refractivity contribution in [3.63, 3.8) is 0 Å². The lowest BCUT2D eigenvalue weighted by Crippen LogP contribution is -1.99. The molecule has 0 unspecified atom stereocenters. The van der Waals surface area contributed by atoms with E-state index in [0.717, 1.165) is 10.9 Å². The van der Waals surface area contributed by atoms with Crippen LogP contribution in [0.15, 0.2) is 22.7 Å². The minimum Gasteiger partial charge on any atom is -0.388 e. The van der Waals surface area contributed by atoms with E-state index in [0.29, 0.717) is 12.0 Å². The Morgan fingerprint density at radius 2 is 2.23 bits per heavy atom. The van der Waals surface area contributed by atoms with Gasteiger partial charge in [0.1, 0.15) is 5.82 Å². The molecule has 0 spiro atoms. The van der Waals surface area contributed by atoms with Crippen molar-refractivity contribution in [1.29, 1.82) is 0 Å². The van der Waals surface area contributed by atoms with Gasteiger partial charge in [0.25, 0.3) is 0 Å². The van der Waals surface area contributed by atoms with Crippen LogP contribution in [0.1, 0.15) is 31.4 Å². The number of rotatable bonds is 3. The van der Waals surface area contributed by atoms with Crippen molar-refractivity contribution in [3.05, 3.63) is 34.1 Å². The molecule has 0 radical (unpaired) electrons. The summed E-state index contributed by atoms with van der Waals surface area (Å²) < 4.78 is 14.0. The highest BCUT2D eigenvalue weighted by Crippen LogP contribution is 2.24. The van der Waals surface area contributed by atoms with Gasteiger partial charge in [-0.05, 0) is 24.6 Å². The number of aliphatic hydroxyl groups is 1. The van der Waals surface area contributed by atoms with Gasteiger partial charge in [0.15, 0.2) is 0 Å². The molecule has 1 N–H and O–H groups in total. The molecule has 0 fully saturated rings. The van der Waals surface area contributed by atoms with Gasteiger partial charge in [-0.15, -0.1) is 0 Å². The summed E-state index contributed by atoms with van der Waals surface area (Å²) in [6.07, 6.45) is 0.739. The van der Waals surface area contributed by atoms with E-state index in [4.69, 9.17) is 0 Å². The summed E-state index contributed by atoms with van der Waals surface area (Å²) in [7, 11) is 0. The van der Waals surface area contributed by atoms with Crippen LogP contribution in [0.2, 0.25) is 0 Å². The number of benzene rings is 1. The van der Waals surface area contributed by atoms with E-state index in [-0.39, 0.29) is 5.82 Å². The van der Waals surface area contributed by atoms with Crippen LogP contribution in [0.4, 0.5) is 4.39 Å². The van der Waals surface area contributed by atoms with E-state index in [1.165, 1.54) is 6.07 Å². The molecule has 0 bridgehead atoms. The number of hydrogen-bond acceptors (Lipinski definition) is 1. The number of aliphatic hydroxyl groups excluding tert-OH is 1. The lowest BCUT2D eigenvalue weighted by atomic mass is 10.1. The monoisotopic (exact) mass is 246 g/mol. The topological polar surface area (TPSA) is 20.2 Å². The van der Waals surface area contributed by atoms with Crippen molar-refractivity contribution >= 4 is 15.9 Å². The van der Waals surface area contributed by atoms with Crippen molar-refractivity contribution in [2.24, 2.45) is 0 Å². The summed E-state index contributed by atoms with van der Waals surface area (Å²) in [6, 6.07) is 4.60. The Bertz CT molecular complexity index is 288. The molecule has 0 aliphatic heterocycles. The third-order valence-electron chi connectivity index (χ3n) is 1.88. The summed E-state index contributed by atoms with van der Waals surface area (Å²) in [5.41, 5.74) is 0.372. The standard InChI is InChI=1S/C10H12BrFO/c1-2-3-10(13)8-6-7(11)4-5-9(8)12/h4-6,10,13H,2-3H2,1H3/t10-/m1/s1. The molecule has 1 nitrogen and oxygen atoms in total. The van der Waals surface area contributed by atoms with Gasteiger partial charge in [0.05, 0.1) is 6.10 Å². The van der Waals surface area contributed by atoms with Crippen molar-refractivity contribution < 1.29 is 9.50 Å². The van der Waals surface area contributed by atoms with Gasteiger partial charge in [-0.1, -0.05) is 29.3 Å². The van der Waals surface area contributed by atoms with Gasteiger partial charge in [0, 0.05) is 10.0 Å². The zero-order valence-corrected chi connectivity index (χ0v) is 9.01. The first kappa shape index (κ1) is 10.7. The molecule has 1 atom stereocenters. The maximum absolute atomic E-state index is 13.2. The third-order valence-corrected chi connectivity index (χ3v) is 2.37. The van der Waals surface area contributed by atoms with Gasteiger partial charge in [-0.25, -0.2) is 4.39 Å². The first-order chi connectivity index (χ1) is 6.15.